The molecule has 0 unspecified atom stereocenters. The van der Waals surface area contributed by atoms with E-state index in [1.54, 1.807) is 7.11 Å². The van der Waals surface area contributed by atoms with Gasteiger partial charge in [0.25, 0.3) is 0 Å². The molecule has 2 aliphatic rings. The van der Waals surface area contributed by atoms with Crippen molar-refractivity contribution in [3.63, 3.8) is 0 Å². The molecule has 2 aliphatic heterocycles. The molecule has 0 bridgehead atoms. The molecule has 38 heavy (non-hydrogen) atoms. The zero-order valence-corrected chi connectivity index (χ0v) is 23.2. The van der Waals surface area contributed by atoms with Gasteiger partial charge in [-0.25, -0.2) is 4.98 Å². The number of H-pyrrole nitrogens is 1. The molecule has 0 amide bonds. The average molecular weight is 510 g/mol. The Hall–Kier alpha value is -3.35. The number of anilines is 1. The summed E-state index contributed by atoms with van der Waals surface area (Å²) < 4.78 is 5.56. The summed E-state index contributed by atoms with van der Waals surface area (Å²) in [7, 11) is 3.96. The fourth-order valence-electron chi connectivity index (χ4n) is 6.09. The molecule has 0 aliphatic carbocycles. The lowest BCUT2D eigenvalue weighted by atomic mass is 9.96. The van der Waals surface area contributed by atoms with E-state index in [4.69, 9.17) is 9.72 Å². The lowest BCUT2D eigenvalue weighted by Crippen LogP contribution is -2.44. The molecular weight excluding hydrogens is 470 g/mol. The topological polar surface area (TPSA) is 47.6 Å². The van der Waals surface area contributed by atoms with Crippen LogP contribution in [-0.2, 0) is 25.9 Å². The van der Waals surface area contributed by atoms with Crippen LogP contribution in [0.15, 0.2) is 48.5 Å². The Labute approximate surface area is 226 Å². The summed E-state index contributed by atoms with van der Waals surface area (Å²) in [4.78, 5) is 16.7. The van der Waals surface area contributed by atoms with Gasteiger partial charge in [-0.1, -0.05) is 36.4 Å². The van der Waals surface area contributed by atoms with E-state index in [1.165, 1.54) is 50.1 Å². The summed E-state index contributed by atoms with van der Waals surface area (Å²) in [6.07, 6.45) is 1.89. The molecule has 198 valence electrons. The highest BCUT2D eigenvalue weighted by Crippen LogP contribution is 2.37. The van der Waals surface area contributed by atoms with Gasteiger partial charge in [0.05, 0.1) is 18.3 Å². The van der Waals surface area contributed by atoms with Crippen LogP contribution in [0.5, 0.6) is 5.75 Å². The van der Waals surface area contributed by atoms with Gasteiger partial charge in [0.1, 0.15) is 5.75 Å². The monoisotopic (exact) mass is 509 g/mol. The van der Waals surface area contributed by atoms with Crippen molar-refractivity contribution in [2.45, 2.75) is 39.8 Å². The summed E-state index contributed by atoms with van der Waals surface area (Å²) in [6, 6.07) is 17.3. The smallest absolute Gasteiger partial charge is 0.153 e. The number of nitrogens with one attached hydrogen (secondary N) is 1. The number of aryl methyl sites for hydroxylation is 2. The van der Waals surface area contributed by atoms with Gasteiger partial charge in [-0.05, 0) is 67.3 Å². The molecule has 1 fully saturated rings. The van der Waals surface area contributed by atoms with Gasteiger partial charge in [0.15, 0.2) is 5.82 Å². The SMILES string of the molecule is COc1cccc(Cc2c(CN3CCN(C)CC3)nc(N3CCc4ccccc4C3)c3[nH]c(C)c(C)c23)c1. The molecule has 0 spiro atoms. The highest BCUT2D eigenvalue weighted by Gasteiger charge is 2.26. The molecule has 0 saturated carbocycles. The number of ether oxygens (including phenoxy) is 1. The van der Waals surface area contributed by atoms with Crippen molar-refractivity contribution in [2.24, 2.45) is 0 Å². The number of likely N-dealkylation sites (N-methyl/N-ethyl adjacent to an activating group) is 1. The first kappa shape index (κ1) is 25.0. The second-order valence-corrected chi connectivity index (χ2v) is 11.0. The van der Waals surface area contributed by atoms with Crippen LogP contribution in [-0.4, -0.2) is 66.6 Å². The van der Waals surface area contributed by atoms with E-state index in [0.717, 1.165) is 70.2 Å². The normalized spacial score (nSPS) is 16.7. The summed E-state index contributed by atoms with van der Waals surface area (Å²) in [6.45, 7) is 11.6. The minimum atomic E-state index is 0.838. The number of hydrogen-bond donors (Lipinski definition) is 1. The Bertz CT molecular complexity index is 1450. The molecule has 0 atom stereocenters. The van der Waals surface area contributed by atoms with Crippen molar-refractivity contribution >= 4 is 16.7 Å². The number of piperazine rings is 1. The van der Waals surface area contributed by atoms with Crippen molar-refractivity contribution in [2.75, 3.05) is 51.8 Å². The summed E-state index contributed by atoms with van der Waals surface area (Å²) in [5.41, 5.74) is 10.4. The van der Waals surface area contributed by atoms with E-state index in [2.05, 4.69) is 83.0 Å². The number of fused-ring (bicyclic) bond motifs is 2. The number of pyridine rings is 1. The van der Waals surface area contributed by atoms with Crippen LogP contribution in [0.1, 0.15) is 39.2 Å². The van der Waals surface area contributed by atoms with E-state index in [9.17, 15) is 0 Å². The zero-order valence-electron chi connectivity index (χ0n) is 23.2. The van der Waals surface area contributed by atoms with E-state index >= 15 is 0 Å². The minimum Gasteiger partial charge on any atom is -0.497 e. The molecule has 4 aromatic rings. The quantitative estimate of drug-likeness (QED) is 0.392. The predicted octanol–water partition coefficient (Wildman–Crippen LogP) is 5.09. The maximum atomic E-state index is 5.56. The molecule has 2 aromatic carbocycles. The second-order valence-electron chi connectivity index (χ2n) is 11.0. The van der Waals surface area contributed by atoms with Crippen LogP contribution in [0.3, 0.4) is 0 Å². The Morgan fingerprint density at radius 3 is 2.53 bits per heavy atom. The van der Waals surface area contributed by atoms with Crippen LogP contribution in [0, 0.1) is 13.8 Å². The number of hydrogen-bond acceptors (Lipinski definition) is 5. The predicted molar refractivity (Wildman–Crippen MR) is 155 cm³/mol. The molecule has 0 radical (unpaired) electrons. The van der Waals surface area contributed by atoms with Crippen molar-refractivity contribution in [1.82, 2.24) is 19.8 Å². The first-order valence-corrected chi connectivity index (χ1v) is 13.9. The van der Waals surface area contributed by atoms with Gasteiger partial charge in [0, 0.05) is 63.3 Å². The van der Waals surface area contributed by atoms with Gasteiger partial charge in [-0.2, -0.15) is 0 Å². The second kappa shape index (κ2) is 10.4. The number of nitrogens with zero attached hydrogens (tertiary/aromatic N) is 4. The van der Waals surface area contributed by atoms with Crippen LogP contribution in [0.4, 0.5) is 5.82 Å². The standard InChI is InChI=1S/C32H39N5O/c1-22-23(2)33-31-30(22)28(19-24-8-7-11-27(18-24)38-4)29(21-36-16-14-35(3)15-17-36)34-32(31)37-13-12-25-9-5-6-10-26(25)20-37/h5-11,18,33H,12-17,19-21H2,1-4H3. The van der Waals surface area contributed by atoms with E-state index in [-0.39, 0.29) is 0 Å². The van der Waals surface area contributed by atoms with Crippen molar-refractivity contribution in [1.29, 1.82) is 0 Å². The minimum absolute atomic E-state index is 0.838. The molecule has 4 heterocycles. The number of benzene rings is 2. The zero-order chi connectivity index (χ0) is 26.2. The van der Waals surface area contributed by atoms with Crippen molar-refractivity contribution in [3.8, 4) is 5.75 Å². The first-order chi connectivity index (χ1) is 18.5. The Kier molecular flexibility index (Phi) is 6.85. The lowest BCUT2D eigenvalue weighted by molar-refractivity contribution is 0.146. The van der Waals surface area contributed by atoms with Gasteiger partial charge < -0.3 is 19.5 Å². The molecule has 1 saturated heterocycles. The third-order valence-corrected chi connectivity index (χ3v) is 8.53. The van der Waals surface area contributed by atoms with Crippen LogP contribution in [0.25, 0.3) is 10.9 Å². The van der Waals surface area contributed by atoms with E-state index < -0.39 is 0 Å². The molecule has 6 nitrogen and oxygen atoms in total. The van der Waals surface area contributed by atoms with Crippen LogP contribution >= 0.6 is 0 Å². The van der Waals surface area contributed by atoms with Crippen molar-refractivity contribution < 1.29 is 4.74 Å². The van der Waals surface area contributed by atoms with Gasteiger partial charge in [-0.15, -0.1) is 0 Å². The fourth-order valence-corrected chi connectivity index (χ4v) is 6.09. The number of aromatic amines is 1. The van der Waals surface area contributed by atoms with Crippen LogP contribution in [0.2, 0.25) is 0 Å². The Balaban J connectivity index is 1.47. The first-order valence-electron chi connectivity index (χ1n) is 13.9. The summed E-state index contributed by atoms with van der Waals surface area (Å²) >= 11 is 0. The van der Waals surface area contributed by atoms with E-state index in [1.807, 2.05) is 6.07 Å². The highest BCUT2D eigenvalue weighted by atomic mass is 16.5. The Morgan fingerprint density at radius 2 is 1.74 bits per heavy atom. The van der Waals surface area contributed by atoms with Crippen LogP contribution < -0.4 is 9.64 Å². The molecule has 1 N–H and O–H groups in total. The number of rotatable bonds is 6. The summed E-state index contributed by atoms with van der Waals surface area (Å²) in [5, 5.41) is 1.35. The number of methoxy groups -OCH3 is 1. The van der Waals surface area contributed by atoms with Gasteiger partial charge in [-0.3, -0.25) is 4.90 Å². The molecular formula is C32H39N5O. The average Bonchev–Trinajstić information content (AvgIpc) is 3.24. The van der Waals surface area contributed by atoms with Crippen molar-refractivity contribution in [3.05, 3.63) is 87.7 Å². The largest absolute Gasteiger partial charge is 0.497 e. The number of aromatic nitrogens is 2. The maximum absolute atomic E-state index is 5.56. The lowest BCUT2D eigenvalue weighted by Gasteiger charge is -2.34. The Morgan fingerprint density at radius 1 is 0.947 bits per heavy atom. The fraction of sp³-hybridized carbons (Fsp3) is 0.406. The third-order valence-electron chi connectivity index (χ3n) is 8.53. The molecule has 6 heteroatoms. The van der Waals surface area contributed by atoms with Gasteiger partial charge in [0.2, 0.25) is 0 Å². The molecule has 6 rings (SSSR count). The maximum Gasteiger partial charge on any atom is 0.153 e. The molecule has 2 aromatic heterocycles. The van der Waals surface area contributed by atoms with Gasteiger partial charge >= 0.3 is 0 Å². The summed E-state index contributed by atoms with van der Waals surface area (Å²) in [5.74, 6) is 2.00. The highest BCUT2D eigenvalue weighted by molar-refractivity contribution is 5.96. The van der Waals surface area contributed by atoms with E-state index in [0.29, 0.717) is 0 Å². The third kappa shape index (κ3) is 4.79.